The summed E-state index contributed by atoms with van der Waals surface area (Å²) in [5, 5.41) is 0. The minimum atomic E-state index is -0.269. The number of allylic oxidation sites excluding steroid dienone is 4. The van der Waals surface area contributed by atoms with Gasteiger partial charge in [-0.25, -0.2) is 4.79 Å². The molecular formula is C38H60N2O2. The third-order valence-electron chi connectivity index (χ3n) is 13.9. The SMILES string of the molecule is CC(C)=CCCC(C)C1CCC2(C)C3=C(CCC12C)C1(C)CCC(OC(=O)C2=CC(N)C(C)C(N)=C2)C(C)(C)C1CC3. The predicted molar refractivity (Wildman–Crippen MR) is 174 cm³/mol. The first-order chi connectivity index (χ1) is 19.6. The third-order valence-corrected chi connectivity index (χ3v) is 13.9. The van der Waals surface area contributed by atoms with Crippen molar-refractivity contribution < 1.29 is 9.53 Å². The number of carbonyl (C=O) groups excluding carboxylic acids is 1. The van der Waals surface area contributed by atoms with Crippen LogP contribution in [0.4, 0.5) is 0 Å². The van der Waals surface area contributed by atoms with E-state index in [4.69, 9.17) is 16.2 Å². The van der Waals surface area contributed by atoms with Crippen molar-refractivity contribution in [1.82, 2.24) is 0 Å². The Labute approximate surface area is 256 Å². The fourth-order valence-corrected chi connectivity index (χ4v) is 10.9. The normalized spacial score (nSPS) is 41.5. The first-order valence-corrected chi connectivity index (χ1v) is 17.1. The lowest BCUT2D eigenvalue weighted by molar-refractivity contribution is -0.165. The Hall–Kier alpha value is -1.81. The highest BCUT2D eigenvalue weighted by atomic mass is 16.5. The van der Waals surface area contributed by atoms with Crippen molar-refractivity contribution in [1.29, 1.82) is 0 Å². The Kier molecular flexibility index (Phi) is 8.25. The van der Waals surface area contributed by atoms with Crippen molar-refractivity contribution in [3.8, 4) is 0 Å². The fourth-order valence-electron chi connectivity index (χ4n) is 10.9. The van der Waals surface area contributed by atoms with Gasteiger partial charge in [-0.05, 0) is 118 Å². The van der Waals surface area contributed by atoms with Crippen LogP contribution in [0.25, 0.3) is 0 Å². The molecule has 0 amide bonds. The molecule has 4 heteroatoms. The summed E-state index contributed by atoms with van der Waals surface area (Å²) in [5.41, 5.74) is 19.5. The molecule has 0 bridgehead atoms. The number of carbonyl (C=O) groups is 1. The van der Waals surface area contributed by atoms with Crippen LogP contribution in [0.1, 0.15) is 127 Å². The van der Waals surface area contributed by atoms with Gasteiger partial charge in [0.2, 0.25) is 0 Å². The second-order valence-corrected chi connectivity index (χ2v) is 16.6. The Morgan fingerprint density at radius 3 is 2.43 bits per heavy atom. The summed E-state index contributed by atoms with van der Waals surface area (Å²) in [5.74, 6) is 1.86. The van der Waals surface area contributed by atoms with Gasteiger partial charge in [0.15, 0.2) is 0 Å². The van der Waals surface area contributed by atoms with Gasteiger partial charge in [-0.3, -0.25) is 0 Å². The highest BCUT2D eigenvalue weighted by molar-refractivity contribution is 5.92. The molecule has 42 heavy (non-hydrogen) atoms. The van der Waals surface area contributed by atoms with Crippen molar-refractivity contribution in [2.45, 2.75) is 139 Å². The number of esters is 1. The number of rotatable bonds is 6. The standard InChI is InChI=1S/C38H60N2O2/c1-23(2)11-10-12-24(3)27-15-19-38(9)29-13-14-32-35(5,6)33(17-18-36(32,7)28(29)16-20-37(27,38)8)42-34(41)26-21-30(39)25(4)31(40)22-26/h11,21-22,24-25,27,30,32-33H,10,12-20,39-40H2,1-9H3. The minimum absolute atomic E-state index is 0.0399. The average molecular weight is 577 g/mol. The van der Waals surface area contributed by atoms with Gasteiger partial charge in [-0.2, -0.15) is 0 Å². The molecule has 0 radical (unpaired) electrons. The van der Waals surface area contributed by atoms with Crippen LogP contribution in [0.5, 0.6) is 0 Å². The fraction of sp³-hybridized carbons (Fsp3) is 0.763. The second-order valence-electron chi connectivity index (χ2n) is 16.6. The van der Waals surface area contributed by atoms with E-state index in [0.717, 1.165) is 24.7 Å². The summed E-state index contributed by atoms with van der Waals surface area (Å²) in [6.45, 7) is 21.6. The molecule has 5 rings (SSSR count). The zero-order valence-corrected chi connectivity index (χ0v) is 28.2. The summed E-state index contributed by atoms with van der Waals surface area (Å²) in [6, 6.07) is -0.252. The lowest BCUT2D eigenvalue weighted by Gasteiger charge is -2.62. The molecule has 0 aliphatic heterocycles. The molecule has 0 aromatic carbocycles. The quantitative estimate of drug-likeness (QED) is 0.245. The Morgan fingerprint density at radius 1 is 1.05 bits per heavy atom. The number of hydrogen-bond donors (Lipinski definition) is 2. The molecule has 0 spiro atoms. The van der Waals surface area contributed by atoms with Crippen LogP contribution in [-0.4, -0.2) is 18.1 Å². The topological polar surface area (TPSA) is 78.3 Å². The molecule has 0 aromatic heterocycles. The van der Waals surface area contributed by atoms with Crippen LogP contribution >= 0.6 is 0 Å². The van der Waals surface area contributed by atoms with Gasteiger partial charge in [-0.15, -0.1) is 0 Å². The van der Waals surface area contributed by atoms with Gasteiger partial charge < -0.3 is 16.2 Å². The second kappa shape index (κ2) is 11.0. The molecule has 5 aliphatic carbocycles. The largest absolute Gasteiger partial charge is 0.458 e. The molecule has 9 unspecified atom stereocenters. The summed E-state index contributed by atoms with van der Waals surface area (Å²) >= 11 is 0. The molecule has 0 saturated heterocycles. The van der Waals surface area contributed by atoms with E-state index in [1.807, 2.05) is 18.6 Å². The highest BCUT2D eigenvalue weighted by Crippen LogP contribution is 2.72. The van der Waals surface area contributed by atoms with Crippen LogP contribution < -0.4 is 11.5 Å². The maximum absolute atomic E-state index is 13.3. The van der Waals surface area contributed by atoms with E-state index >= 15 is 0 Å². The first-order valence-electron chi connectivity index (χ1n) is 17.1. The van der Waals surface area contributed by atoms with Gasteiger partial charge in [0, 0.05) is 23.1 Å². The zero-order chi connectivity index (χ0) is 30.8. The van der Waals surface area contributed by atoms with Crippen LogP contribution in [-0.2, 0) is 9.53 Å². The van der Waals surface area contributed by atoms with Crippen molar-refractivity contribution >= 4 is 5.97 Å². The van der Waals surface area contributed by atoms with E-state index in [1.165, 1.54) is 56.9 Å². The lowest BCUT2D eigenvalue weighted by Crippen LogP contribution is -2.56. The molecule has 2 fully saturated rings. The highest BCUT2D eigenvalue weighted by Gasteiger charge is 2.63. The Balaban J connectivity index is 1.36. The Bertz CT molecular complexity index is 1220. The summed E-state index contributed by atoms with van der Waals surface area (Å²) < 4.78 is 6.32. The number of ether oxygens (including phenoxy) is 1. The predicted octanol–water partition coefficient (Wildman–Crippen LogP) is 8.78. The summed E-state index contributed by atoms with van der Waals surface area (Å²) in [7, 11) is 0. The van der Waals surface area contributed by atoms with Crippen LogP contribution in [0.3, 0.4) is 0 Å². The molecule has 9 atom stereocenters. The van der Waals surface area contributed by atoms with Crippen molar-refractivity contribution in [3.05, 3.63) is 46.2 Å². The van der Waals surface area contributed by atoms with E-state index in [-0.39, 0.29) is 34.9 Å². The molecule has 0 aromatic rings. The number of nitrogens with two attached hydrogens (primary N) is 2. The van der Waals surface area contributed by atoms with Gasteiger partial charge in [0.1, 0.15) is 6.10 Å². The average Bonchev–Trinajstić information content (AvgIpc) is 3.19. The summed E-state index contributed by atoms with van der Waals surface area (Å²) in [4.78, 5) is 13.3. The van der Waals surface area contributed by atoms with Gasteiger partial charge in [0.25, 0.3) is 0 Å². The van der Waals surface area contributed by atoms with E-state index in [0.29, 0.717) is 28.0 Å². The van der Waals surface area contributed by atoms with Crippen LogP contribution in [0.15, 0.2) is 46.2 Å². The van der Waals surface area contributed by atoms with E-state index in [1.54, 1.807) is 11.6 Å². The molecule has 5 aliphatic rings. The molecule has 4 N–H and O–H groups in total. The zero-order valence-electron chi connectivity index (χ0n) is 28.2. The summed E-state index contributed by atoms with van der Waals surface area (Å²) in [6.07, 6.45) is 18.2. The van der Waals surface area contributed by atoms with Crippen molar-refractivity contribution in [2.75, 3.05) is 0 Å². The van der Waals surface area contributed by atoms with Crippen molar-refractivity contribution in [3.63, 3.8) is 0 Å². The molecule has 0 heterocycles. The monoisotopic (exact) mass is 576 g/mol. The molecular weight excluding hydrogens is 516 g/mol. The molecule has 2 saturated carbocycles. The van der Waals surface area contributed by atoms with Crippen LogP contribution in [0.2, 0.25) is 0 Å². The third kappa shape index (κ3) is 4.87. The maximum atomic E-state index is 13.3. The minimum Gasteiger partial charge on any atom is -0.458 e. The van der Waals surface area contributed by atoms with Crippen LogP contribution in [0, 0.1) is 45.3 Å². The number of fused-ring (bicyclic) bond motifs is 4. The van der Waals surface area contributed by atoms with Crippen molar-refractivity contribution in [2.24, 2.45) is 56.8 Å². The Morgan fingerprint density at radius 2 is 1.76 bits per heavy atom. The van der Waals surface area contributed by atoms with Gasteiger partial charge >= 0.3 is 5.97 Å². The number of hydrogen-bond acceptors (Lipinski definition) is 4. The van der Waals surface area contributed by atoms with E-state index in [9.17, 15) is 4.79 Å². The lowest BCUT2D eigenvalue weighted by atomic mass is 9.43. The maximum Gasteiger partial charge on any atom is 0.338 e. The molecule has 4 nitrogen and oxygen atoms in total. The smallest absolute Gasteiger partial charge is 0.338 e. The van der Waals surface area contributed by atoms with Gasteiger partial charge in [0.05, 0.1) is 5.57 Å². The van der Waals surface area contributed by atoms with E-state index < -0.39 is 0 Å². The van der Waals surface area contributed by atoms with E-state index in [2.05, 4.69) is 61.5 Å². The first kappa shape index (κ1) is 31.6. The van der Waals surface area contributed by atoms with Gasteiger partial charge in [-0.1, -0.05) is 77.3 Å². The molecule has 234 valence electrons.